The maximum Gasteiger partial charge on any atom is 0.310 e. The summed E-state index contributed by atoms with van der Waals surface area (Å²) >= 11 is 0. The normalized spacial score (nSPS) is 15.6. The Morgan fingerprint density at radius 2 is 1.85 bits per heavy atom. The fraction of sp³-hybridized carbons (Fsp3) is 0.368. The maximum atomic E-state index is 12.4. The molecule has 1 atom stereocenters. The van der Waals surface area contributed by atoms with E-state index >= 15 is 0 Å². The van der Waals surface area contributed by atoms with Crippen molar-refractivity contribution in [2.45, 2.75) is 26.3 Å². The van der Waals surface area contributed by atoms with Gasteiger partial charge in [0.25, 0.3) is 5.91 Å². The molecule has 3 rings (SSSR count). The van der Waals surface area contributed by atoms with E-state index in [0.717, 1.165) is 22.6 Å². The Kier molecular flexibility index (Phi) is 4.98. The van der Waals surface area contributed by atoms with Gasteiger partial charge in [0.2, 0.25) is 0 Å². The lowest BCUT2D eigenvalue weighted by Crippen LogP contribution is -2.44. The van der Waals surface area contributed by atoms with Crippen LogP contribution in [0.25, 0.3) is 0 Å². The van der Waals surface area contributed by atoms with Crippen molar-refractivity contribution in [2.24, 2.45) is 7.05 Å². The summed E-state index contributed by atoms with van der Waals surface area (Å²) in [7, 11) is 3.51. The van der Waals surface area contributed by atoms with Crippen LogP contribution >= 0.6 is 0 Å². The highest BCUT2D eigenvalue weighted by Gasteiger charge is 2.36. The van der Waals surface area contributed by atoms with Crippen LogP contribution in [0.3, 0.4) is 0 Å². The molecule has 0 fully saturated rings. The van der Waals surface area contributed by atoms with Crippen molar-refractivity contribution >= 4 is 23.4 Å². The smallest absolute Gasteiger partial charge is 0.310 e. The van der Waals surface area contributed by atoms with E-state index in [4.69, 9.17) is 0 Å². The first-order valence-corrected chi connectivity index (χ1v) is 8.75. The number of nitrogens with zero attached hydrogens (tertiary/aromatic N) is 3. The Morgan fingerprint density at radius 1 is 1.15 bits per heavy atom. The first kappa shape index (κ1) is 18.6. The van der Waals surface area contributed by atoms with Crippen LogP contribution < -0.4 is 15.5 Å². The summed E-state index contributed by atoms with van der Waals surface area (Å²) in [6.07, 6.45) is 0.582. The number of carbonyl (C=O) groups excluding carboxylic acids is 3. The fourth-order valence-corrected chi connectivity index (χ4v) is 3.38. The number of hydrogen-bond donors (Lipinski definition) is 2. The van der Waals surface area contributed by atoms with E-state index in [1.807, 2.05) is 27.0 Å². The van der Waals surface area contributed by atoms with Crippen molar-refractivity contribution in [1.29, 1.82) is 0 Å². The number of fused-ring (bicyclic) bond motifs is 1. The van der Waals surface area contributed by atoms with Gasteiger partial charge in [-0.3, -0.25) is 19.1 Å². The van der Waals surface area contributed by atoms with Gasteiger partial charge in [-0.25, -0.2) is 0 Å². The van der Waals surface area contributed by atoms with Gasteiger partial charge >= 0.3 is 11.8 Å². The molecule has 3 amide bonds. The van der Waals surface area contributed by atoms with Gasteiger partial charge in [-0.1, -0.05) is 18.2 Å². The van der Waals surface area contributed by atoms with Crippen LogP contribution in [-0.4, -0.2) is 41.1 Å². The van der Waals surface area contributed by atoms with Crippen LogP contribution in [0.15, 0.2) is 24.3 Å². The largest absolute Gasteiger partial charge is 0.348 e. The number of aromatic nitrogens is 2. The zero-order valence-electron chi connectivity index (χ0n) is 15.9. The number of likely N-dealkylation sites (N-methyl/N-ethyl adjacent to an activating group) is 1. The van der Waals surface area contributed by atoms with Crippen molar-refractivity contribution in [3.63, 3.8) is 0 Å². The number of para-hydroxylation sites is 1. The zero-order chi connectivity index (χ0) is 19.7. The molecule has 1 aliphatic heterocycles. The van der Waals surface area contributed by atoms with Gasteiger partial charge in [0.05, 0.1) is 5.69 Å². The Hall–Kier alpha value is -3.16. The summed E-state index contributed by atoms with van der Waals surface area (Å²) in [5.41, 5.74) is 4.41. The molecular weight excluding hydrogens is 346 g/mol. The SMILES string of the molecule is Cc1nn(C)c(C)c1CCNC(=O)C(=O)NC1C(=O)N(C)c2ccccc21. The molecule has 27 heavy (non-hydrogen) atoms. The van der Waals surface area contributed by atoms with Crippen molar-refractivity contribution in [3.05, 3.63) is 46.8 Å². The van der Waals surface area contributed by atoms with Gasteiger partial charge in [-0.15, -0.1) is 0 Å². The first-order chi connectivity index (χ1) is 12.8. The number of aryl methyl sites for hydroxylation is 2. The van der Waals surface area contributed by atoms with Crippen LogP contribution in [0, 0.1) is 13.8 Å². The lowest BCUT2D eigenvalue weighted by molar-refractivity contribution is -0.140. The minimum absolute atomic E-state index is 0.265. The van der Waals surface area contributed by atoms with Gasteiger partial charge in [0.1, 0.15) is 6.04 Å². The van der Waals surface area contributed by atoms with Crippen LogP contribution in [0.2, 0.25) is 0 Å². The maximum absolute atomic E-state index is 12.4. The number of benzene rings is 1. The van der Waals surface area contributed by atoms with E-state index in [-0.39, 0.29) is 5.91 Å². The number of anilines is 1. The zero-order valence-corrected chi connectivity index (χ0v) is 15.9. The standard InChI is InChI=1S/C19H23N5O3/c1-11-13(12(2)24(4)22-11)9-10-20-17(25)18(26)21-16-14-7-5-6-8-15(14)23(3)19(16)27/h5-8,16H,9-10H2,1-4H3,(H,20,25)(H,21,26). The summed E-state index contributed by atoms with van der Waals surface area (Å²) in [4.78, 5) is 38.2. The van der Waals surface area contributed by atoms with Crippen molar-refractivity contribution < 1.29 is 14.4 Å². The highest BCUT2D eigenvalue weighted by molar-refractivity contribution is 6.35. The van der Waals surface area contributed by atoms with E-state index < -0.39 is 17.9 Å². The van der Waals surface area contributed by atoms with Gasteiger partial charge in [0.15, 0.2) is 0 Å². The van der Waals surface area contributed by atoms with E-state index in [0.29, 0.717) is 18.5 Å². The third-order valence-electron chi connectivity index (χ3n) is 4.99. The number of amides is 3. The second-order valence-corrected chi connectivity index (χ2v) is 6.64. The number of hydrogen-bond acceptors (Lipinski definition) is 4. The summed E-state index contributed by atoms with van der Waals surface area (Å²) in [6.45, 7) is 4.19. The van der Waals surface area contributed by atoms with Gasteiger partial charge in [0, 0.05) is 37.6 Å². The lowest BCUT2D eigenvalue weighted by atomic mass is 10.1. The molecule has 2 N–H and O–H groups in total. The molecule has 0 aliphatic carbocycles. The van der Waals surface area contributed by atoms with E-state index in [9.17, 15) is 14.4 Å². The first-order valence-electron chi connectivity index (χ1n) is 8.75. The molecule has 1 unspecified atom stereocenters. The summed E-state index contributed by atoms with van der Waals surface area (Å²) < 4.78 is 1.79. The van der Waals surface area contributed by atoms with Gasteiger partial charge < -0.3 is 15.5 Å². The molecule has 0 radical (unpaired) electrons. The monoisotopic (exact) mass is 369 g/mol. The van der Waals surface area contributed by atoms with E-state index in [1.54, 1.807) is 29.9 Å². The molecule has 0 saturated carbocycles. The van der Waals surface area contributed by atoms with Crippen molar-refractivity contribution in [2.75, 3.05) is 18.5 Å². The van der Waals surface area contributed by atoms with Crippen LogP contribution in [0.1, 0.15) is 28.6 Å². The highest BCUT2D eigenvalue weighted by atomic mass is 16.2. The Balaban J connectivity index is 1.58. The van der Waals surface area contributed by atoms with Crippen molar-refractivity contribution in [1.82, 2.24) is 20.4 Å². The molecule has 0 spiro atoms. The molecule has 2 aromatic rings. The predicted molar refractivity (Wildman–Crippen MR) is 100 cm³/mol. The number of carbonyl (C=O) groups is 3. The minimum atomic E-state index is -0.840. The molecule has 1 aromatic carbocycles. The van der Waals surface area contributed by atoms with Gasteiger partial charge in [-0.2, -0.15) is 5.10 Å². The quantitative estimate of drug-likeness (QED) is 0.769. The Bertz CT molecular complexity index is 918. The average Bonchev–Trinajstić information content (AvgIpc) is 3.03. The lowest BCUT2D eigenvalue weighted by Gasteiger charge is -2.13. The molecule has 1 aromatic heterocycles. The highest BCUT2D eigenvalue weighted by Crippen LogP contribution is 2.34. The van der Waals surface area contributed by atoms with E-state index in [2.05, 4.69) is 15.7 Å². The fourth-order valence-electron chi connectivity index (χ4n) is 3.38. The van der Waals surface area contributed by atoms with Crippen LogP contribution in [0.5, 0.6) is 0 Å². The topological polar surface area (TPSA) is 96.3 Å². The van der Waals surface area contributed by atoms with Crippen molar-refractivity contribution in [3.8, 4) is 0 Å². The number of nitrogens with one attached hydrogen (secondary N) is 2. The average molecular weight is 369 g/mol. The third kappa shape index (κ3) is 3.42. The van der Waals surface area contributed by atoms with E-state index in [1.165, 1.54) is 4.90 Å². The molecule has 0 saturated heterocycles. The summed E-state index contributed by atoms with van der Waals surface area (Å²) in [5, 5.41) is 9.47. The number of rotatable bonds is 4. The predicted octanol–water partition coefficient (Wildman–Crippen LogP) is 0.530. The molecule has 8 nitrogen and oxygen atoms in total. The second kappa shape index (κ2) is 7.22. The Morgan fingerprint density at radius 3 is 2.52 bits per heavy atom. The van der Waals surface area contributed by atoms with Gasteiger partial charge in [-0.05, 0) is 31.9 Å². The molecule has 8 heteroatoms. The van der Waals surface area contributed by atoms with Crippen LogP contribution in [0.4, 0.5) is 5.69 Å². The third-order valence-corrected chi connectivity index (χ3v) is 4.99. The Labute approximate surface area is 157 Å². The molecule has 0 bridgehead atoms. The van der Waals surface area contributed by atoms with Crippen LogP contribution in [-0.2, 0) is 27.9 Å². The summed E-state index contributed by atoms with van der Waals surface area (Å²) in [5.74, 6) is -1.84. The minimum Gasteiger partial charge on any atom is -0.348 e. The molecule has 1 aliphatic rings. The second-order valence-electron chi connectivity index (χ2n) is 6.64. The molecule has 142 valence electrons. The molecule has 2 heterocycles. The summed E-state index contributed by atoms with van der Waals surface area (Å²) in [6, 6.07) is 6.35. The molecular formula is C19H23N5O3.